The Morgan fingerprint density at radius 1 is 1.28 bits per heavy atom. The van der Waals surface area contributed by atoms with Crippen molar-refractivity contribution in [3.63, 3.8) is 0 Å². The van der Waals surface area contributed by atoms with Crippen LogP contribution in [-0.2, 0) is 0 Å². The average Bonchev–Trinajstić information content (AvgIpc) is 2.38. The lowest BCUT2D eigenvalue weighted by molar-refractivity contribution is 0.623. The van der Waals surface area contributed by atoms with Crippen molar-refractivity contribution in [2.45, 2.75) is 18.2 Å². The molecule has 0 saturated heterocycles. The predicted octanol–water partition coefficient (Wildman–Crippen LogP) is 5.07. The summed E-state index contributed by atoms with van der Waals surface area (Å²) in [6, 6.07) is 10.3. The molecule has 0 amide bonds. The quantitative estimate of drug-likeness (QED) is 0.717. The Balaban J connectivity index is 2.28. The third-order valence-corrected chi connectivity index (χ3v) is 4.15. The zero-order valence-corrected chi connectivity index (χ0v) is 12.1. The molecule has 2 aromatic rings. The first-order valence-corrected chi connectivity index (χ1v) is 6.82. The third kappa shape index (κ3) is 2.90. The van der Waals surface area contributed by atoms with Gasteiger partial charge in [-0.25, -0.2) is 4.39 Å². The number of nitrogens with zero attached hydrogens (tertiary/aromatic N) is 1. The number of hydrogen-bond acceptors (Lipinski definition) is 1. The van der Waals surface area contributed by atoms with Crippen LogP contribution >= 0.6 is 27.5 Å². The van der Waals surface area contributed by atoms with Crippen LogP contribution in [0.4, 0.5) is 4.39 Å². The molecule has 2 atom stereocenters. The molecule has 4 heteroatoms. The Kier molecular flexibility index (Phi) is 4.36. The summed E-state index contributed by atoms with van der Waals surface area (Å²) < 4.78 is 13.7. The van der Waals surface area contributed by atoms with Crippen LogP contribution in [0.3, 0.4) is 0 Å². The number of rotatable bonds is 3. The monoisotopic (exact) mass is 327 g/mol. The van der Waals surface area contributed by atoms with E-state index < -0.39 is 0 Å². The van der Waals surface area contributed by atoms with Crippen molar-refractivity contribution in [1.29, 1.82) is 0 Å². The van der Waals surface area contributed by atoms with Gasteiger partial charge >= 0.3 is 0 Å². The van der Waals surface area contributed by atoms with Gasteiger partial charge < -0.3 is 0 Å². The van der Waals surface area contributed by atoms with Crippen LogP contribution in [0.1, 0.15) is 29.5 Å². The van der Waals surface area contributed by atoms with Crippen molar-refractivity contribution in [2.24, 2.45) is 0 Å². The first-order chi connectivity index (χ1) is 8.59. The second-order valence-corrected chi connectivity index (χ2v) is 5.44. The normalized spacial score (nSPS) is 14.2. The van der Waals surface area contributed by atoms with Crippen molar-refractivity contribution in [3.8, 4) is 0 Å². The highest BCUT2D eigenvalue weighted by Crippen LogP contribution is 2.38. The van der Waals surface area contributed by atoms with E-state index in [1.807, 2.05) is 25.1 Å². The summed E-state index contributed by atoms with van der Waals surface area (Å²) >= 11 is 9.80. The molecule has 18 heavy (non-hydrogen) atoms. The summed E-state index contributed by atoms with van der Waals surface area (Å²) in [6.45, 7) is 2.01. The van der Waals surface area contributed by atoms with Gasteiger partial charge in [0.2, 0.25) is 0 Å². The zero-order valence-electron chi connectivity index (χ0n) is 9.78. The second kappa shape index (κ2) is 5.81. The predicted molar refractivity (Wildman–Crippen MR) is 75.3 cm³/mol. The van der Waals surface area contributed by atoms with E-state index in [1.54, 1.807) is 12.3 Å². The van der Waals surface area contributed by atoms with E-state index in [1.165, 1.54) is 12.1 Å². The largest absolute Gasteiger partial charge is 0.261 e. The minimum atomic E-state index is -0.278. The molecule has 2 unspecified atom stereocenters. The first kappa shape index (κ1) is 13.5. The number of benzene rings is 1. The maximum absolute atomic E-state index is 13.0. The Morgan fingerprint density at radius 2 is 2.06 bits per heavy atom. The molecule has 0 aliphatic heterocycles. The van der Waals surface area contributed by atoms with Gasteiger partial charge in [0.05, 0.1) is 5.38 Å². The van der Waals surface area contributed by atoms with E-state index in [4.69, 9.17) is 11.6 Å². The molecule has 0 radical (unpaired) electrons. The van der Waals surface area contributed by atoms with Gasteiger partial charge in [0, 0.05) is 22.3 Å². The van der Waals surface area contributed by atoms with Crippen LogP contribution in [0.25, 0.3) is 0 Å². The molecule has 0 saturated carbocycles. The molecule has 0 spiro atoms. The van der Waals surface area contributed by atoms with Gasteiger partial charge in [0.15, 0.2) is 0 Å². The molecule has 0 bridgehead atoms. The summed E-state index contributed by atoms with van der Waals surface area (Å²) in [6.07, 6.45) is 1.75. The molecular formula is C14H12BrClFN. The molecule has 0 fully saturated rings. The van der Waals surface area contributed by atoms with Crippen LogP contribution in [0.15, 0.2) is 47.1 Å². The van der Waals surface area contributed by atoms with E-state index in [0.717, 1.165) is 11.3 Å². The van der Waals surface area contributed by atoms with E-state index in [-0.39, 0.29) is 17.1 Å². The fourth-order valence-corrected chi connectivity index (χ4v) is 2.84. The smallest absolute Gasteiger partial charge is 0.124 e. The van der Waals surface area contributed by atoms with Gasteiger partial charge in [-0.3, -0.25) is 4.98 Å². The molecular weight excluding hydrogens is 317 g/mol. The minimum absolute atomic E-state index is 0.0506. The van der Waals surface area contributed by atoms with Crippen LogP contribution in [0.5, 0.6) is 0 Å². The highest BCUT2D eigenvalue weighted by molar-refractivity contribution is 9.10. The average molecular weight is 329 g/mol. The van der Waals surface area contributed by atoms with Crippen LogP contribution in [0.2, 0.25) is 0 Å². The molecule has 1 aromatic heterocycles. The molecule has 1 heterocycles. The van der Waals surface area contributed by atoms with Crippen molar-refractivity contribution < 1.29 is 4.39 Å². The Hall–Kier alpha value is -0.930. The van der Waals surface area contributed by atoms with Gasteiger partial charge in [0.1, 0.15) is 5.82 Å². The summed E-state index contributed by atoms with van der Waals surface area (Å²) in [7, 11) is 0. The van der Waals surface area contributed by atoms with Crippen LogP contribution in [0, 0.1) is 5.82 Å². The van der Waals surface area contributed by atoms with E-state index >= 15 is 0 Å². The fraction of sp³-hybridized carbons (Fsp3) is 0.214. The minimum Gasteiger partial charge on any atom is -0.261 e. The van der Waals surface area contributed by atoms with Crippen molar-refractivity contribution in [1.82, 2.24) is 4.98 Å². The van der Waals surface area contributed by atoms with Crippen LogP contribution < -0.4 is 0 Å². The van der Waals surface area contributed by atoms with Gasteiger partial charge in [-0.05, 0) is 29.8 Å². The lowest BCUT2D eigenvalue weighted by Crippen LogP contribution is -2.05. The third-order valence-electron chi connectivity index (χ3n) is 2.85. The maximum Gasteiger partial charge on any atom is 0.124 e. The number of alkyl halides is 1. The number of aromatic nitrogens is 1. The SMILES string of the molecule is CC(c1ccccn1)C(Cl)c1ccc(F)cc1Br. The van der Waals surface area contributed by atoms with Crippen molar-refractivity contribution >= 4 is 27.5 Å². The molecule has 2 rings (SSSR count). The number of halogens is 3. The summed E-state index contributed by atoms with van der Waals surface area (Å²) in [4.78, 5) is 4.30. The fourth-order valence-electron chi connectivity index (χ4n) is 1.79. The van der Waals surface area contributed by atoms with E-state index in [0.29, 0.717) is 4.47 Å². The topological polar surface area (TPSA) is 12.9 Å². The highest BCUT2D eigenvalue weighted by atomic mass is 79.9. The zero-order chi connectivity index (χ0) is 13.1. The van der Waals surface area contributed by atoms with Gasteiger partial charge in [-0.2, -0.15) is 0 Å². The lowest BCUT2D eigenvalue weighted by Gasteiger charge is -2.19. The molecule has 0 aliphatic rings. The van der Waals surface area contributed by atoms with Gasteiger partial charge in [-0.15, -0.1) is 11.6 Å². The molecule has 0 N–H and O–H groups in total. The Labute approximate surface area is 119 Å². The lowest BCUT2D eigenvalue weighted by atomic mass is 9.97. The molecule has 1 nitrogen and oxygen atoms in total. The molecule has 1 aromatic carbocycles. The summed E-state index contributed by atoms with van der Waals surface area (Å²) in [5.74, 6) is -0.227. The molecule has 94 valence electrons. The van der Waals surface area contributed by atoms with E-state index in [2.05, 4.69) is 20.9 Å². The van der Waals surface area contributed by atoms with Crippen molar-refractivity contribution in [2.75, 3.05) is 0 Å². The highest BCUT2D eigenvalue weighted by Gasteiger charge is 2.21. The maximum atomic E-state index is 13.0. The van der Waals surface area contributed by atoms with Crippen LogP contribution in [-0.4, -0.2) is 4.98 Å². The van der Waals surface area contributed by atoms with Crippen molar-refractivity contribution in [3.05, 3.63) is 64.1 Å². The summed E-state index contributed by atoms with van der Waals surface area (Å²) in [5.41, 5.74) is 1.80. The van der Waals surface area contributed by atoms with Gasteiger partial charge in [0.25, 0.3) is 0 Å². The Morgan fingerprint density at radius 3 is 2.67 bits per heavy atom. The number of hydrogen-bond donors (Lipinski definition) is 0. The Bertz CT molecular complexity index is 533. The van der Waals surface area contributed by atoms with Gasteiger partial charge in [-0.1, -0.05) is 35.0 Å². The standard InChI is InChI=1S/C14H12BrClFN/c1-9(13-4-2-3-7-18-13)14(16)11-6-5-10(17)8-12(11)15/h2-9,14H,1H3. The van der Waals surface area contributed by atoms with E-state index in [9.17, 15) is 4.39 Å². The summed E-state index contributed by atoms with van der Waals surface area (Å²) in [5, 5.41) is -0.255. The number of pyridine rings is 1. The second-order valence-electron chi connectivity index (χ2n) is 4.11. The first-order valence-electron chi connectivity index (χ1n) is 5.59. The molecule has 0 aliphatic carbocycles.